The van der Waals surface area contributed by atoms with E-state index in [9.17, 15) is 22.0 Å². The summed E-state index contributed by atoms with van der Waals surface area (Å²) in [5.74, 6) is -0.121. The number of nitrogens with one attached hydrogen (secondary N) is 1. The zero-order chi connectivity index (χ0) is 19.4. The van der Waals surface area contributed by atoms with Crippen LogP contribution >= 0.6 is 0 Å². The van der Waals surface area contributed by atoms with Crippen LogP contribution in [0.2, 0.25) is 0 Å². The first-order valence-electron chi connectivity index (χ1n) is 7.80. The second-order valence-corrected chi connectivity index (χ2v) is 5.59. The van der Waals surface area contributed by atoms with Crippen LogP contribution in [0.15, 0.2) is 54.9 Å². The number of benzene rings is 1. The standard InChI is InChI=1S/C18H13F5N4/c19-16(20)12-3-1-11(2-4-12)10-25-15-9-14(18(21,22)23)26-17(27-15)13-5-7-24-8-6-13/h1-9,16H,10H2,(H,25,26,27). The van der Waals surface area contributed by atoms with Gasteiger partial charge in [0.15, 0.2) is 11.5 Å². The molecule has 3 aromatic rings. The van der Waals surface area contributed by atoms with Crippen LogP contribution in [0.3, 0.4) is 0 Å². The number of hydrogen-bond acceptors (Lipinski definition) is 4. The van der Waals surface area contributed by atoms with Crippen LogP contribution in [0.4, 0.5) is 27.8 Å². The molecule has 0 aliphatic carbocycles. The number of pyridine rings is 1. The highest BCUT2D eigenvalue weighted by atomic mass is 19.4. The minimum absolute atomic E-state index is 0.0259. The number of halogens is 5. The van der Waals surface area contributed by atoms with Crippen LogP contribution in [-0.2, 0) is 12.7 Å². The summed E-state index contributed by atoms with van der Waals surface area (Å²) in [5, 5.41) is 2.78. The molecule has 3 rings (SSSR count). The van der Waals surface area contributed by atoms with Crippen LogP contribution in [0.25, 0.3) is 11.4 Å². The summed E-state index contributed by atoms with van der Waals surface area (Å²) in [6.45, 7) is 0.119. The highest BCUT2D eigenvalue weighted by Gasteiger charge is 2.33. The number of anilines is 1. The van der Waals surface area contributed by atoms with Gasteiger partial charge in [0, 0.05) is 36.1 Å². The molecular weight excluding hydrogens is 367 g/mol. The van der Waals surface area contributed by atoms with E-state index < -0.39 is 18.3 Å². The summed E-state index contributed by atoms with van der Waals surface area (Å²) in [5.41, 5.74) is -0.197. The number of rotatable bonds is 5. The maximum Gasteiger partial charge on any atom is 0.433 e. The van der Waals surface area contributed by atoms with Gasteiger partial charge in [-0.15, -0.1) is 0 Å². The quantitative estimate of drug-likeness (QED) is 0.625. The van der Waals surface area contributed by atoms with E-state index in [0.717, 1.165) is 6.07 Å². The van der Waals surface area contributed by atoms with Crippen molar-refractivity contribution in [1.82, 2.24) is 15.0 Å². The summed E-state index contributed by atoms with van der Waals surface area (Å²) in [7, 11) is 0. The third-order valence-corrected chi connectivity index (χ3v) is 3.66. The number of aromatic nitrogens is 3. The van der Waals surface area contributed by atoms with Crippen molar-refractivity contribution in [3.8, 4) is 11.4 Å². The van der Waals surface area contributed by atoms with E-state index >= 15 is 0 Å². The average Bonchev–Trinajstić information content (AvgIpc) is 2.66. The Balaban J connectivity index is 1.85. The summed E-state index contributed by atoms with van der Waals surface area (Å²) in [6, 6.07) is 9.30. The van der Waals surface area contributed by atoms with Gasteiger partial charge in [0.2, 0.25) is 0 Å². The Labute approximate surface area is 151 Å². The molecule has 140 valence electrons. The van der Waals surface area contributed by atoms with Crippen LogP contribution in [-0.4, -0.2) is 15.0 Å². The highest BCUT2D eigenvalue weighted by Crippen LogP contribution is 2.30. The first-order chi connectivity index (χ1) is 12.8. The fourth-order valence-corrected chi connectivity index (χ4v) is 2.29. The molecule has 0 saturated heterocycles. The van der Waals surface area contributed by atoms with Crippen LogP contribution in [0.5, 0.6) is 0 Å². The lowest BCUT2D eigenvalue weighted by molar-refractivity contribution is -0.141. The molecule has 0 bridgehead atoms. The molecule has 0 radical (unpaired) electrons. The smallest absolute Gasteiger partial charge is 0.366 e. The molecule has 1 N–H and O–H groups in total. The Kier molecular flexibility index (Phi) is 5.29. The van der Waals surface area contributed by atoms with Crippen molar-refractivity contribution in [2.75, 3.05) is 5.32 Å². The van der Waals surface area contributed by atoms with Crippen molar-refractivity contribution < 1.29 is 22.0 Å². The highest BCUT2D eigenvalue weighted by molar-refractivity contribution is 5.57. The van der Waals surface area contributed by atoms with E-state index in [1.54, 1.807) is 0 Å². The lowest BCUT2D eigenvalue weighted by Crippen LogP contribution is -2.12. The predicted molar refractivity (Wildman–Crippen MR) is 89.0 cm³/mol. The lowest BCUT2D eigenvalue weighted by atomic mass is 10.1. The Morgan fingerprint density at radius 2 is 1.59 bits per heavy atom. The van der Waals surface area contributed by atoms with Crippen molar-refractivity contribution in [3.05, 3.63) is 71.7 Å². The molecule has 1 aromatic carbocycles. The minimum Gasteiger partial charge on any atom is -0.366 e. The fraction of sp³-hybridized carbons (Fsp3) is 0.167. The Bertz CT molecular complexity index is 896. The van der Waals surface area contributed by atoms with Gasteiger partial charge in [-0.2, -0.15) is 13.2 Å². The predicted octanol–water partition coefficient (Wildman–Crippen LogP) is 5.11. The monoisotopic (exact) mass is 380 g/mol. The molecule has 4 nitrogen and oxygen atoms in total. The first-order valence-corrected chi connectivity index (χ1v) is 7.80. The number of nitrogens with zero attached hydrogens (tertiary/aromatic N) is 3. The van der Waals surface area contributed by atoms with E-state index in [4.69, 9.17) is 0 Å². The van der Waals surface area contributed by atoms with E-state index in [1.807, 2.05) is 0 Å². The molecule has 0 atom stereocenters. The molecule has 0 fully saturated rings. The summed E-state index contributed by atoms with van der Waals surface area (Å²) >= 11 is 0. The third-order valence-electron chi connectivity index (χ3n) is 3.66. The molecule has 2 heterocycles. The normalized spacial score (nSPS) is 11.6. The summed E-state index contributed by atoms with van der Waals surface area (Å²) < 4.78 is 64.6. The van der Waals surface area contributed by atoms with Gasteiger partial charge >= 0.3 is 6.18 Å². The Hall–Kier alpha value is -3.10. The summed E-state index contributed by atoms with van der Waals surface area (Å²) in [4.78, 5) is 11.5. The molecule has 0 unspecified atom stereocenters. The van der Waals surface area contributed by atoms with Crippen LogP contribution in [0, 0.1) is 0 Å². The Morgan fingerprint density at radius 3 is 2.19 bits per heavy atom. The van der Waals surface area contributed by atoms with Crippen molar-refractivity contribution in [1.29, 1.82) is 0 Å². The largest absolute Gasteiger partial charge is 0.433 e. The van der Waals surface area contributed by atoms with Crippen molar-refractivity contribution in [2.45, 2.75) is 19.1 Å². The van der Waals surface area contributed by atoms with E-state index in [0.29, 0.717) is 11.1 Å². The van der Waals surface area contributed by atoms with Gasteiger partial charge < -0.3 is 5.32 Å². The first kappa shape index (κ1) is 18.7. The van der Waals surface area contributed by atoms with Gasteiger partial charge in [-0.1, -0.05) is 24.3 Å². The topological polar surface area (TPSA) is 50.7 Å². The van der Waals surface area contributed by atoms with Gasteiger partial charge in [0.1, 0.15) is 5.82 Å². The maximum atomic E-state index is 13.1. The minimum atomic E-state index is -4.64. The van der Waals surface area contributed by atoms with E-state index in [1.165, 1.54) is 48.8 Å². The molecule has 9 heteroatoms. The maximum absolute atomic E-state index is 13.1. The molecule has 27 heavy (non-hydrogen) atoms. The molecule has 0 saturated carbocycles. The van der Waals surface area contributed by atoms with Gasteiger partial charge in [0.05, 0.1) is 0 Å². The molecule has 0 amide bonds. The molecular formula is C18H13F5N4. The molecule has 0 aliphatic heterocycles. The zero-order valence-corrected chi connectivity index (χ0v) is 13.7. The molecule has 2 aromatic heterocycles. The summed E-state index contributed by atoms with van der Waals surface area (Å²) in [6.07, 6.45) is -4.36. The van der Waals surface area contributed by atoms with Crippen LogP contribution in [0.1, 0.15) is 23.2 Å². The second kappa shape index (κ2) is 7.65. The fourth-order valence-electron chi connectivity index (χ4n) is 2.29. The van der Waals surface area contributed by atoms with Crippen molar-refractivity contribution >= 4 is 5.82 Å². The lowest BCUT2D eigenvalue weighted by Gasteiger charge is -2.12. The van der Waals surface area contributed by atoms with Gasteiger partial charge in [0.25, 0.3) is 6.43 Å². The number of alkyl halides is 5. The second-order valence-electron chi connectivity index (χ2n) is 5.59. The molecule has 0 aliphatic rings. The van der Waals surface area contributed by atoms with Crippen LogP contribution < -0.4 is 5.32 Å². The average molecular weight is 380 g/mol. The van der Waals surface area contributed by atoms with Crippen molar-refractivity contribution in [3.63, 3.8) is 0 Å². The number of hydrogen-bond donors (Lipinski definition) is 1. The van der Waals surface area contributed by atoms with E-state index in [-0.39, 0.29) is 23.8 Å². The molecule has 0 spiro atoms. The van der Waals surface area contributed by atoms with Gasteiger partial charge in [-0.25, -0.2) is 18.7 Å². The third kappa shape index (κ3) is 4.75. The zero-order valence-electron chi connectivity index (χ0n) is 13.7. The SMILES string of the molecule is FC(F)c1ccc(CNc2cc(C(F)(F)F)nc(-c3ccncc3)n2)cc1. The van der Waals surface area contributed by atoms with E-state index in [2.05, 4.69) is 20.3 Å². The van der Waals surface area contributed by atoms with Gasteiger partial charge in [-0.3, -0.25) is 4.98 Å². The van der Waals surface area contributed by atoms with Gasteiger partial charge in [-0.05, 0) is 17.7 Å². The van der Waals surface area contributed by atoms with Crippen molar-refractivity contribution in [2.24, 2.45) is 0 Å². The Morgan fingerprint density at radius 1 is 0.926 bits per heavy atom.